The Labute approximate surface area is 119 Å². The van der Waals surface area contributed by atoms with Gasteiger partial charge in [-0.3, -0.25) is 0 Å². The number of nitrogens with one attached hydrogen (secondary N) is 2. The van der Waals surface area contributed by atoms with Crippen molar-refractivity contribution in [2.45, 2.75) is 13.8 Å². The van der Waals surface area contributed by atoms with Gasteiger partial charge < -0.3 is 15.4 Å². The first-order valence-corrected chi connectivity index (χ1v) is 6.63. The largest absolute Gasteiger partial charge is 0.492 e. The fourth-order valence-corrected chi connectivity index (χ4v) is 1.92. The molecule has 1 aromatic heterocycles. The molecular weight excluding hydrogens is 252 g/mol. The Kier molecular flexibility index (Phi) is 4.76. The fourth-order valence-electron chi connectivity index (χ4n) is 1.92. The predicted molar refractivity (Wildman–Crippen MR) is 81.5 cm³/mol. The molecule has 5 nitrogen and oxygen atoms in total. The van der Waals surface area contributed by atoms with Crippen molar-refractivity contribution in [3.63, 3.8) is 0 Å². The molecule has 5 heteroatoms. The van der Waals surface area contributed by atoms with Crippen LogP contribution in [0.15, 0.2) is 30.6 Å². The standard InChI is InChI=1S/C15H20N4O/c1-11-5-4-6-13(9-11)20-8-7-17-15-12(2)14(16-3)18-10-19-15/h4-6,9-10H,7-8H2,1-3H3,(H2,16,17,18,19). The van der Waals surface area contributed by atoms with Crippen molar-refractivity contribution in [2.24, 2.45) is 0 Å². The highest BCUT2D eigenvalue weighted by Gasteiger charge is 2.04. The average Bonchev–Trinajstić information content (AvgIpc) is 2.45. The van der Waals surface area contributed by atoms with Crippen LogP contribution in [-0.4, -0.2) is 30.2 Å². The first kappa shape index (κ1) is 14.1. The number of anilines is 2. The maximum Gasteiger partial charge on any atom is 0.134 e. The lowest BCUT2D eigenvalue weighted by Gasteiger charge is -2.11. The minimum atomic E-state index is 0.585. The summed E-state index contributed by atoms with van der Waals surface area (Å²) in [5.74, 6) is 2.56. The van der Waals surface area contributed by atoms with Crippen molar-refractivity contribution in [3.05, 3.63) is 41.7 Å². The van der Waals surface area contributed by atoms with Gasteiger partial charge in [-0.25, -0.2) is 9.97 Å². The summed E-state index contributed by atoms with van der Waals surface area (Å²) < 4.78 is 5.68. The summed E-state index contributed by atoms with van der Waals surface area (Å²) in [7, 11) is 1.85. The van der Waals surface area contributed by atoms with Gasteiger partial charge >= 0.3 is 0 Å². The lowest BCUT2D eigenvalue weighted by Crippen LogP contribution is -2.14. The molecule has 0 atom stereocenters. The van der Waals surface area contributed by atoms with Gasteiger partial charge in [-0.15, -0.1) is 0 Å². The van der Waals surface area contributed by atoms with E-state index in [-0.39, 0.29) is 0 Å². The second kappa shape index (κ2) is 6.75. The normalized spacial score (nSPS) is 10.2. The summed E-state index contributed by atoms with van der Waals surface area (Å²) in [6, 6.07) is 8.03. The molecular formula is C15H20N4O. The monoisotopic (exact) mass is 272 g/mol. The number of rotatable bonds is 6. The van der Waals surface area contributed by atoms with E-state index in [9.17, 15) is 0 Å². The van der Waals surface area contributed by atoms with E-state index in [0.717, 1.165) is 22.9 Å². The molecule has 1 aromatic carbocycles. The minimum Gasteiger partial charge on any atom is -0.492 e. The molecule has 0 unspecified atom stereocenters. The zero-order chi connectivity index (χ0) is 14.4. The summed E-state index contributed by atoms with van der Waals surface area (Å²) in [6.45, 7) is 5.31. The van der Waals surface area contributed by atoms with Crippen LogP contribution in [0.4, 0.5) is 11.6 Å². The Morgan fingerprint density at radius 3 is 2.70 bits per heavy atom. The van der Waals surface area contributed by atoms with E-state index in [1.165, 1.54) is 5.56 Å². The van der Waals surface area contributed by atoms with Crippen molar-refractivity contribution < 1.29 is 4.74 Å². The third-order valence-corrected chi connectivity index (χ3v) is 2.97. The van der Waals surface area contributed by atoms with Gasteiger partial charge in [0, 0.05) is 12.6 Å². The number of hydrogen-bond donors (Lipinski definition) is 2. The highest BCUT2D eigenvalue weighted by molar-refractivity contribution is 5.55. The van der Waals surface area contributed by atoms with Gasteiger partial charge in [0.15, 0.2) is 0 Å². The van der Waals surface area contributed by atoms with Crippen LogP contribution in [0.1, 0.15) is 11.1 Å². The van der Waals surface area contributed by atoms with E-state index < -0.39 is 0 Å². The molecule has 0 saturated carbocycles. The summed E-state index contributed by atoms with van der Waals surface area (Å²) in [4.78, 5) is 8.38. The molecule has 0 bridgehead atoms. The Morgan fingerprint density at radius 2 is 1.95 bits per heavy atom. The van der Waals surface area contributed by atoms with Crippen molar-refractivity contribution in [1.82, 2.24) is 9.97 Å². The number of hydrogen-bond acceptors (Lipinski definition) is 5. The van der Waals surface area contributed by atoms with Gasteiger partial charge in [-0.05, 0) is 31.5 Å². The molecule has 2 rings (SSSR count). The Hall–Kier alpha value is -2.30. The van der Waals surface area contributed by atoms with Crippen LogP contribution in [0.5, 0.6) is 5.75 Å². The van der Waals surface area contributed by atoms with Crippen LogP contribution in [0.2, 0.25) is 0 Å². The highest BCUT2D eigenvalue weighted by atomic mass is 16.5. The van der Waals surface area contributed by atoms with Crippen LogP contribution in [0, 0.1) is 13.8 Å². The lowest BCUT2D eigenvalue weighted by molar-refractivity contribution is 0.332. The van der Waals surface area contributed by atoms with Crippen LogP contribution in [0.3, 0.4) is 0 Å². The molecule has 106 valence electrons. The topological polar surface area (TPSA) is 59.1 Å². The van der Waals surface area contributed by atoms with Crippen LogP contribution < -0.4 is 15.4 Å². The van der Waals surface area contributed by atoms with E-state index in [0.29, 0.717) is 13.2 Å². The maximum atomic E-state index is 5.68. The van der Waals surface area contributed by atoms with Gasteiger partial charge in [0.05, 0.1) is 6.54 Å². The van der Waals surface area contributed by atoms with Crippen molar-refractivity contribution >= 4 is 11.6 Å². The molecule has 0 radical (unpaired) electrons. The molecule has 0 spiro atoms. The highest BCUT2D eigenvalue weighted by Crippen LogP contribution is 2.17. The van der Waals surface area contributed by atoms with Gasteiger partial charge in [-0.1, -0.05) is 12.1 Å². The molecule has 1 heterocycles. The van der Waals surface area contributed by atoms with E-state index in [1.54, 1.807) is 6.33 Å². The van der Waals surface area contributed by atoms with Crippen LogP contribution in [0.25, 0.3) is 0 Å². The number of ether oxygens (including phenoxy) is 1. The molecule has 0 aliphatic rings. The first-order chi connectivity index (χ1) is 9.70. The van der Waals surface area contributed by atoms with E-state index >= 15 is 0 Å². The van der Waals surface area contributed by atoms with Crippen molar-refractivity contribution in [3.8, 4) is 5.75 Å². The summed E-state index contributed by atoms with van der Waals surface area (Å²) in [6.07, 6.45) is 1.54. The number of aromatic nitrogens is 2. The predicted octanol–water partition coefficient (Wildman–Crippen LogP) is 2.63. The van der Waals surface area contributed by atoms with Gasteiger partial charge in [0.1, 0.15) is 30.3 Å². The fraction of sp³-hybridized carbons (Fsp3) is 0.333. The van der Waals surface area contributed by atoms with E-state index in [2.05, 4.69) is 33.6 Å². The third-order valence-electron chi connectivity index (χ3n) is 2.97. The Bertz CT molecular complexity index is 572. The summed E-state index contributed by atoms with van der Waals surface area (Å²) >= 11 is 0. The zero-order valence-electron chi connectivity index (χ0n) is 12.1. The molecule has 0 fully saturated rings. The number of aryl methyl sites for hydroxylation is 1. The molecule has 2 N–H and O–H groups in total. The van der Waals surface area contributed by atoms with Gasteiger partial charge in [0.2, 0.25) is 0 Å². The molecule has 0 saturated heterocycles. The van der Waals surface area contributed by atoms with E-state index in [1.807, 2.05) is 32.2 Å². The Morgan fingerprint density at radius 1 is 1.15 bits per heavy atom. The summed E-state index contributed by atoms with van der Waals surface area (Å²) in [5.41, 5.74) is 2.20. The van der Waals surface area contributed by atoms with E-state index in [4.69, 9.17) is 4.74 Å². The lowest BCUT2D eigenvalue weighted by atomic mass is 10.2. The molecule has 2 aromatic rings. The first-order valence-electron chi connectivity index (χ1n) is 6.63. The summed E-state index contributed by atoms with van der Waals surface area (Å²) in [5, 5.41) is 6.29. The van der Waals surface area contributed by atoms with Crippen LogP contribution >= 0.6 is 0 Å². The van der Waals surface area contributed by atoms with Crippen LogP contribution in [-0.2, 0) is 0 Å². The SMILES string of the molecule is CNc1ncnc(NCCOc2cccc(C)c2)c1C. The van der Waals surface area contributed by atoms with Gasteiger partial charge in [0.25, 0.3) is 0 Å². The molecule has 0 aliphatic heterocycles. The minimum absolute atomic E-state index is 0.585. The smallest absolute Gasteiger partial charge is 0.134 e. The zero-order valence-corrected chi connectivity index (χ0v) is 12.1. The number of nitrogens with zero attached hydrogens (tertiary/aromatic N) is 2. The van der Waals surface area contributed by atoms with Crippen molar-refractivity contribution in [2.75, 3.05) is 30.8 Å². The van der Waals surface area contributed by atoms with Gasteiger partial charge in [-0.2, -0.15) is 0 Å². The average molecular weight is 272 g/mol. The quantitative estimate of drug-likeness (QED) is 0.792. The van der Waals surface area contributed by atoms with Crippen molar-refractivity contribution in [1.29, 1.82) is 0 Å². The molecule has 0 amide bonds. The molecule has 20 heavy (non-hydrogen) atoms. The maximum absolute atomic E-state index is 5.68. The third kappa shape index (κ3) is 3.60. The second-order valence-corrected chi connectivity index (χ2v) is 4.54. The Balaban J connectivity index is 1.84. The number of benzene rings is 1. The second-order valence-electron chi connectivity index (χ2n) is 4.54. The molecule has 0 aliphatic carbocycles.